The summed E-state index contributed by atoms with van der Waals surface area (Å²) in [6.07, 6.45) is 2.18. The number of carbonyl (C=O) groups is 1. The van der Waals surface area contributed by atoms with Crippen molar-refractivity contribution in [2.45, 2.75) is 32.2 Å². The molecule has 124 valence electrons. The summed E-state index contributed by atoms with van der Waals surface area (Å²) in [5.41, 5.74) is 2.14. The first-order valence-electron chi connectivity index (χ1n) is 8.02. The van der Waals surface area contributed by atoms with Gasteiger partial charge in [0.2, 0.25) is 5.91 Å². The minimum Gasteiger partial charge on any atom is -0.350 e. The van der Waals surface area contributed by atoms with E-state index >= 15 is 0 Å². The molecule has 1 atom stereocenters. The molecular weight excluding hydrogens is 384 g/mol. The summed E-state index contributed by atoms with van der Waals surface area (Å²) in [6.45, 7) is 2.01. The van der Waals surface area contributed by atoms with E-state index in [1.54, 1.807) is 11.3 Å². The summed E-state index contributed by atoms with van der Waals surface area (Å²) in [4.78, 5) is 16.8. The molecule has 1 unspecified atom stereocenters. The van der Waals surface area contributed by atoms with Crippen molar-refractivity contribution < 1.29 is 4.79 Å². The third-order valence-electron chi connectivity index (χ3n) is 3.88. The van der Waals surface area contributed by atoms with Crippen LogP contribution in [0.4, 0.5) is 0 Å². The Morgan fingerprint density at radius 2 is 1.96 bits per heavy atom. The smallest absolute Gasteiger partial charge is 0.220 e. The van der Waals surface area contributed by atoms with Gasteiger partial charge < -0.3 is 5.32 Å². The molecule has 0 aliphatic rings. The summed E-state index contributed by atoms with van der Waals surface area (Å²) in [7, 11) is 0. The quantitative estimate of drug-likeness (QED) is 0.610. The topological polar surface area (TPSA) is 42.0 Å². The van der Waals surface area contributed by atoms with Crippen LogP contribution in [0.1, 0.15) is 36.4 Å². The SMILES string of the molecule is CC(NC(=O)CCCc1nc2ccccc2s1)c1ccccc1Br. The van der Waals surface area contributed by atoms with Crippen LogP contribution in [-0.2, 0) is 11.2 Å². The number of thiazole rings is 1. The fraction of sp³-hybridized carbons (Fsp3) is 0.263. The molecule has 3 rings (SSSR count). The van der Waals surface area contributed by atoms with E-state index in [0.29, 0.717) is 6.42 Å². The molecule has 0 radical (unpaired) electrons. The molecule has 0 spiro atoms. The fourth-order valence-corrected chi connectivity index (χ4v) is 4.28. The number of nitrogens with one attached hydrogen (secondary N) is 1. The summed E-state index contributed by atoms with van der Waals surface area (Å²) in [5, 5.41) is 4.16. The molecule has 1 heterocycles. The zero-order valence-electron chi connectivity index (χ0n) is 13.5. The van der Waals surface area contributed by atoms with Gasteiger partial charge in [0, 0.05) is 10.9 Å². The number of hydrogen-bond donors (Lipinski definition) is 1. The first-order chi connectivity index (χ1) is 11.6. The summed E-state index contributed by atoms with van der Waals surface area (Å²) in [5.74, 6) is 0.0827. The first-order valence-corrected chi connectivity index (χ1v) is 9.62. The highest BCUT2D eigenvalue weighted by Crippen LogP contribution is 2.24. The lowest BCUT2D eigenvalue weighted by Gasteiger charge is -2.15. The number of nitrogens with zero attached hydrogens (tertiary/aromatic N) is 1. The second-order valence-corrected chi connectivity index (χ2v) is 7.71. The van der Waals surface area contributed by atoms with E-state index in [-0.39, 0.29) is 11.9 Å². The molecule has 2 aromatic carbocycles. The first kappa shape index (κ1) is 17.1. The largest absolute Gasteiger partial charge is 0.350 e. The number of aryl methyl sites for hydroxylation is 1. The van der Waals surface area contributed by atoms with Crippen LogP contribution >= 0.6 is 27.3 Å². The van der Waals surface area contributed by atoms with Crippen molar-refractivity contribution in [1.82, 2.24) is 10.3 Å². The number of hydrogen-bond acceptors (Lipinski definition) is 3. The average molecular weight is 403 g/mol. The van der Waals surface area contributed by atoms with Crippen LogP contribution in [0.2, 0.25) is 0 Å². The molecule has 1 aromatic heterocycles. The highest BCUT2D eigenvalue weighted by molar-refractivity contribution is 9.10. The molecule has 5 heteroatoms. The molecule has 0 aliphatic heterocycles. The standard InChI is InChI=1S/C19H19BrN2OS/c1-13(14-7-2-3-8-15(14)20)21-18(23)11-6-12-19-22-16-9-4-5-10-17(16)24-19/h2-5,7-10,13H,6,11-12H2,1H3,(H,21,23). The van der Waals surface area contributed by atoms with Crippen molar-refractivity contribution in [3.8, 4) is 0 Å². The Morgan fingerprint density at radius 3 is 2.75 bits per heavy atom. The van der Waals surface area contributed by atoms with Crippen molar-refractivity contribution in [3.05, 3.63) is 63.6 Å². The van der Waals surface area contributed by atoms with Crippen LogP contribution < -0.4 is 5.32 Å². The Morgan fingerprint density at radius 1 is 1.21 bits per heavy atom. The van der Waals surface area contributed by atoms with Gasteiger partial charge in [-0.15, -0.1) is 11.3 Å². The van der Waals surface area contributed by atoms with Crippen molar-refractivity contribution in [1.29, 1.82) is 0 Å². The van der Waals surface area contributed by atoms with Crippen molar-refractivity contribution >= 4 is 43.4 Å². The zero-order valence-corrected chi connectivity index (χ0v) is 15.9. The number of halogens is 1. The molecule has 0 saturated heterocycles. The zero-order chi connectivity index (χ0) is 16.9. The molecule has 3 aromatic rings. The molecule has 24 heavy (non-hydrogen) atoms. The van der Waals surface area contributed by atoms with Crippen LogP contribution in [0.15, 0.2) is 53.0 Å². The summed E-state index contributed by atoms with van der Waals surface area (Å²) < 4.78 is 2.23. The minimum atomic E-state index is -0.00414. The molecule has 1 amide bonds. The minimum absolute atomic E-state index is 0.00414. The maximum absolute atomic E-state index is 12.2. The van der Waals surface area contributed by atoms with E-state index < -0.39 is 0 Å². The molecular formula is C19H19BrN2OS. The molecule has 0 bridgehead atoms. The Hall–Kier alpha value is -1.72. The third kappa shape index (κ3) is 4.22. The number of para-hydroxylation sites is 1. The second kappa shape index (κ2) is 7.90. The van der Waals surface area contributed by atoms with E-state index in [1.165, 1.54) is 4.70 Å². The second-order valence-electron chi connectivity index (χ2n) is 5.74. The van der Waals surface area contributed by atoms with E-state index in [0.717, 1.165) is 33.4 Å². The Bertz CT molecular complexity index is 813. The van der Waals surface area contributed by atoms with E-state index in [1.807, 2.05) is 49.4 Å². The normalized spacial score (nSPS) is 12.2. The lowest BCUT2D eigenvalue weighted by atomic mass is 10.1. The summed E-state index contributed by atoms with van der Waals surface area (Å²) in [6, 6.07) is 16.1. The monoisotopic (exact) mass is 402 g/mol. The lowest BCUT2D eigenvalue weighted by Crippen LogP contribution is -2.26. The van der Waals surface area contributed by atoms with Gasteiger partial charge in [0.25, 0.3) is 0 Å². The number of fused-ring (bicyclic) bond motifs is 1. The van der Waals surface area contributed by atoms with Gasteiger partial charge in [-0.05, 0) is 43.5 Å². The van der Waals surface area contributed by atoms with Crippen molar-refractivity contribution in [2.75, 3.05) is 0 Å². The Labute approximate surface area is 154 Å². The van der Waals surface area contributed by atoms with Crippen molar-refractivity contribution in [3.63, 3.8) is 0 Å². The molecule has 0 aliphatic carbocycles. The predicted octanol–water partition coefficient (Wildman–Crippen LogP) is 5.26. The van der Waals surface area contributed by atoms with Gasteiger partial charge in [-0.2, -0.15) is 0 Å². The number of amides is 1. The molecule has 0 fully saturated rings. The van der Waals surface area contributed by atoms with Crippen LogP contribution in [0, 0.1) is 0 Å². The number of carbonyl (C=O) groups excluding carboxylic acids is 1. The Balaban J connectivity index is 1.49. The number of aromatic nitrogens is 1. The van der Waals surface area contributed by atoms with Gasteiger partial charge in [-0.25, -0.2) is 4.98 Å². The highest BCUT2D eigenvalue weighted by atomic mass is 79.9. The summed E-state index contributed by atoms with van der Waals surface area (Å²) >= 11 is 5.24. The van der Waals surface area contributed by atoms with Gasteiger partial charge in [0.05, 0.1) is 21.3 Å². The van der Waals surface area contributed by atoms with Gasteiger partial charge in [0.1, 0.15) is 0 Å². The highest BCUT2D eigenvalue weighted by Gasteiger charge is 2.12. The van der Waals surface area contributed by atoms with Crippen LogP contribution in [0.3, 0.4) is 0 Å². The molecule has 1 N–H and O–H groups in total. The maximum atomic E-state index is 12.2. The predicted molar refractivity (Wildman–Crippen MR) is 103 cm³/mol. The maximum Gasteiger partial charge on any atom is 0.220 e. The van der Waals surface area contributed by atoms with Crippen LogP contribution in [-0.4, -0.2) is 10.9 Å². The molecule has 0 saturated carbocycles. The average Bonchev–Trinajstić information content (AvgIpc) is 2.97. The Kier molecular flexibility index (Phi) is 5.63. The van der Waals surface area contributed by atoms with Gasteiger partial charge in [0.15, 0.2) is 0 Å². The van der Waals surface area contributed by atoms with Crippen LogP contribution in [0.25, 0.3) is 10.2 Å². The lowest BCUT2D eigenvalue weighted by molar-refractivity contribution is -0.121. The van der Waals surface area contributed by atoms with Gasteiger partial charge >= 0.3 is 0 Å². The molecule has 3 nitrogen and oxygen atoms in total. The van der Waals surface area contributed by atoms with E-state index in [4.69, 9.17) is 0 Å². The third-order valence-corrected chi connectivity index (χ3v) is 5.70. The number of rotatable bonds is 6. The van der Waals surface area contributed by atoms with Crippen LogP contribution in [0.5, 0.6) is 0 Å². The van der Waals surface area contributed by atoms with E-state index in [9.17, 15) is 4.79 Å². The van der Waals surface area contributed by atoms with Gasteiger partial charge in [-0.1, -0.05) is 46.3 Å². The van der Waals surface area contributed by atoms with Gasteiger partial charge in [-0.3, -0.25) is 4.79 Å². The van der Waals surface area contributed by atoms with Crippen molar-refractivity contribution in [2.24, 2.45) is 0 Å². The fourth-order valence-electron chi connectivity index (χ4n) is 2.64. The van der Waals surface area contributed by atoms with E-state index in [2.05, 4.69) is 32.3 Å². The number of benzene rings is 2.